The molecule has 2 N–H and O–H groups in total. The van der Waals surface area contributed by atoms with Crippen molar-refractivity contribution in [3.63, 3.8) is 0 Å². The average molecular weight is 202 g/mol. The molecule has 0 amide bonds. The zero-order valence-electron chi connectivity index (χ0n) is 7.58. The van der Waals surface area contributed by atoms with Crippen molar-refractivity contribution >= 4 is 12.6 Å². The van der Waals surface area contributed by atoms with Gasteiger partial charge < -0.3 is 5.11 Å². The summed E-state index contributed by atoms with van der Waals surface area (Å²) < 4.78 is 1.53. The minimum atomic E-state index is -0.255. The molecular formula is C8H14N2O2S. The number of imidazole rings is 1. The lowest BCUT2D eigenvalue weighted by atomic mass is 10.3. The number of hydrogen-bond acceptors (Lipinski definition) is 3. The summed E-state index contributed by atoms with van der Waals surface area (Å²) in [5.74, 6) is 0.310. The van der Waals surface area contributed by atoms with Crippen LogP contribution in [-0.2, 0) is 12.3 Å². The summed E-state index contributed by atoms with van der Waals surface area (Å²) in [5.41, 5.74) is 0.316. The van der Waals surface area contributed by atoms with Crippen LogP contribution in [0.4, 0.5) is 0 Å². The molecule has 74 valence electrons. The van der Waals surface area contributed by atoms with Crippen molar-refractivity contribution in [3.8, 4) is 5.88 Å². The number of unbranched alkanes of at least 4 members (excludes halogenated alkanes) is 1. The molecule has 0 aliphatic carbocycles. The van der Waals surface area contributed by atoms with Gasteiger partial charge in [0.25, 0.3) is 0 Å². The monoisotopic (exact) mass is 202 g/mol. The van der Waals surface area contributed by atoms with Gasteiger partial charge in [-0.15, -0.1) is 0 Å². The predicted octanol–water partition coefficient (Wildman–Crippen LogP) is 1.11. The first-order valence-electron chi connectivity index (χ1n) is 4.32. The Balaban J connectivity index is 2.96. The van der Waals surface area contributed by atoms with Gasteiger partial charge in [0.15, 0.2) is 0 Å². The molecule has 0 radical (unpaired) electrons. The zero-order chi connectivity index (χ0) is 9.84. The first-order valence-corrected chi connectivity index (χ1v) is 4.95. The van der Waals surface area contributed by atoms with E-state index < -0.39 is 0 Å². The molecule has 1 aromatic heterocycles. The van der Waals surface area contributed by atoms with Crippen LogP contribution in [0, 0.1) is 0 Å². The van der Waals surface area contributed by atoms with E-state index >= 15 is 0 Å². The molecule has 0 aliphatic rings. The van der Waals surface area contributed by atoms with Gasteiger partial charge in [0.2, 0.25) is 5.88 Å². The third-order valence-corrected chi connectivity index (χ3v) is 2.25. The number of nitrogens with zero attached hydrogens (tertiary/aromatic N) is 1. The van der Waals surface area contributed by atoms with Crippen LogP contribution in [0.1, 0.15) is 25.5 Å². The maximum atomic E-state index is 11.2. The molecule has 1 aromatic rings. The van der Waals surface area contributed by atoms with E-state index in [1.165, 1.54) is 4.57 Å². The molecule has 0 unspecified atom stereocenters. The van der Waals surface area contributed by atoms with E-state index in [2.05, 4.69) is 24.5 Å². The van der Waals surface area contributed by atoms with Crippen LogP contribution in [0.5, 0.6) is 5.88 Å². The van der Waals surface area contributed by atoms with Gasteiger partial charge in [-0.05, 0) is 6.42 Å². The SMILES string of the molecule is CCCCn1c(CS)c(O)[nH]c1=O. The lowest BCUT2D eigenvalue weighted by Gasteiger charge is -2.03. The second kappa shape index (κ2) is 4.41. The zero-order valence-corrected chi connectivity index (χ0v) is 8.47. The van der Waals surface area contributed by atoms with Gasteiger partial charge in [-0.25, -0.2) is 4.79 Å². The fraction of sp³-hybridized carbons (Fsp3) is 0.625. The van der Waals surface area contributed by atoms with Gasteiger partial charge in [0.05, 0.1) is 5.69 Å². The molecule has 0 fully saturated rings. The summed E-state index contributed by atoms with van der Waals surface area (Å²) in [4.78, 5) is 13.6. The van der Waals surface area contributed by atoms with E-state index in [9.17, 15) is 9.90 Å². The first-order chi connectivity index (χ1) is 6.20. The lowest BCUT2D eigenvalue weighted by molar-refractivity contribution is 0.449. The molecule has 0 bridgehead atoms. The second-order valence-electron chi connectivity index (χ2n) is 2.89. The smallest absolute Gasteiger partial charge is 0.328 e. The summed E-state index contributed by atoms with van der Waals surface area (Å²) in [6.07, 6.45) is 1.95. The number of aromatic amines is 1. The fourth-order valence-electron chi connectivity index (χ4n) is 1.20. The summed E-state index contributed by atoms with van der Waals surface area (Å²) in [7, 11) is 0. The van der Waals surface area contributed by atoms with Crippen LogP contribution in [0.2, 0.25) is 0 Å². The standard InChI is InChI=1S/C8H14N2O2S/c1-2-3-4-10-6(5-13)7(11)9-8(10)12/h11,13H,2-5H2,1H3,(H,9,12). The van der Waals surface area contributed by atoms with Gasteiger partial charge in [-0.3, -0.25) is 9.55 Å². The highest BCUT2D eigenvalue weighted by atomic mass is 32.1. The van der Waals surface area contributed by atoms with Gasteiger partial charge in [0.1, 0.15) is 0 Å². The Bertz CT molecular complexity index is 329. The largest absolute Gasteiger partial charge is 0.493 e. The highest BCUT2D eigenvalue weighted by Crippen LogP contribution is 2.13. The Labute approximate surface area is 82.0 Å². The number of aromatic nitrogens is 2. The summed E-state index contributed by atoms with van der Waals surface area (Å²) in [6.45, 7) is 2.69. The van der Waals surface area contributed by atoms with E-state index in [1.807, 2.05) is 0 Å². The molecule has 0 saturated carbocycles. The number of thiol groups is 1. The van der Waals surface area contributed by atoms with E-state index in [4.69, 9.17) is 0 Å². The van der Waals surface area contributed by atoms with Crippen molar-refractivity contribution in [3.05, 3.63) is 16.2 Å². The van der Waals surface area contributed by atoms with Crippen molar-refractivity contribution < 1.29 is 5.11 Å². The highest BCUT2D eigenvalue weighted by molar-refractivity contribution is 7.79. The maximum absolute atomic E-state index is 11.2. The molecule has 1 heterocycles. The third kappa shape index (κ3) is 2.09. The molecule has 0 aliphatic heterocycles. The van der Waals surface area contributed by atoms with Crippen molar-refractivity contribution in [2.75, 3.05) is 0 Å². The molecule has 0 spiro atoms. The summed E-state index contributed by atoms with van der Waals surface area (Å²) >= 11 is 4.05. The fourth-order valence-corrected chi connectivity index (χ4v) is 1.52. The van der Waals surface area contributed by atoms with E-state index in [0.29, 0.717) is 18.0 Å². The topological polar surface area (TPSA) is 58.0 Å². The van der Waals surface area contributed by atoms with Crippen molar-refractivity contribution in [1.29, 1.82) is 0 Å². The number of hydrogen-bond donors (Lipinski definition) is 3. The quantitative estimate of drug-likeness (QED) is 0.641. The average Bonchev–Trinajstić information content (AvgIpc) is 2.37. The molecular weight excluding hydrogens is 188 g/mol. The first kappa shape index (κ1) is 10.2. The highest BCUT2D eigenvalue weighted by Gasteiger charge is 2.10. The summed E-state index contributed by atoms with van der Waals surface area (Å²) in [5, 5.41) is 9.29. The Morgan fingerprint density at radius 1 is 1.62 bits per heavy atom. The Hall–Kier alpha value is -0.840. The van der Waals surface area contributed by atoms with Gasteiger partial charge in [0, 0.05) is 12.3 Å². The molecule has 0 aromatic carbocycles. The molecule has 4 nitrogen and oxygen atoms in total. The number of rotatable bonds is 4. The van der Waals surface area contributed by atoms with E-state index in [-0.39, 0.29) is 11.6 Å². The number of nitrogens with one attached hydrogen (secondary N) is 1. The van der Waals surface area contributed by atoms with Crippen LogP contribution < -0.4 is 5.69 Å². The normalized spacial score (nSPS) is 10.6. The van der Waals surface area contributed by atoms with Crippen molar-refractivity contribution in [1.82, 2.24) is 9.55 Å². The van der Waals surface area contributed by atoms with Crippen LogP contribution >= 0.6 is 12.6 Å². The molecule has 1 rings (SSSR count). The molecule has 0 atom stereocenters. The Morgan fingerprint density at radius 3 is 2.85 bits per heavy atom. The number of H-pyrrole nitrogens is 1. The van der Waals surface area contributed by atoms with E-state index in [0.717, 1.165) is 12.8 Å². The molecule has 5 heteroatoms. The maximum Gasteiger partial charge on any atom is 0.328 e. The van der Waals surface area contributed by atoms with Crippen molar-refractivity contribution in [2.45, 2.75) is 32.1 Å². The minimum absolute atomic E-state index is 0.0592. The van der Waals surface area contributed by atoms with Gasteiger partial charge in [-0.2, -0.15) is 12.6 Å². The Kier molecular flexibility index (Phi) is 3.48. The van der Waals surface area contributed by atoms with Crippen LogP contribution in [0.3, 0.4) is 0 Å². The van der Waals surface area contributed by atoms with Crippen LogP contribution in [-0.4, -0.2) is 14.7 Å². The van der Waals surface area contributed by atoms with Crippen molar-refractivity contribution in [2.24, 2.45) is 0 Å². The van der Waals surface area contributed by atoms with E-state index in [1.54, 1.807) is 0 Å². The number of aromatic hydroxyl groups is 1. The third-order valence-electron chi connectivity index (χ3n) is 1.95. The van der Waals surface area contributed by atoms with Crippen LogP contribution in [0.25, 0.3) is 0 Å². The van der Waals surface area contributed by atoms with Gasteiger partial charge in [-0.1, -0.05) is 13.3 Å². The lowest BCUT2D eigenvalue weighted by Crippen LogP contribution is -2.18. The van der Waals surface area contributed by atoms with Gasteiger partial charge >= 0.3 is 5.69 Å². The molecule has 0 saturated heterocycles. The second-order valence-corrected chi connectivity index (χ2v) is 3.20. The minimum Gasteiger partial charge on any atom is -0.493 e. The molecule has 13 heavy (non-hydrogen) atoms. The predicted molar refractivity (Wildman–Crippen MR) is 54.3 cm³/mol. The van der Waals surface area contributed by atoms with Crippen LogP contribution in [0.15, 0.2) is 4.79 Å². The summed E-state index contributed by atoms with van der Waals surface area (Å²) in [6, 6.07) is 0. The Morgan fingerprint density at radius 2 is 2.31 bits per heavy atom.